The van der Waals surface area contributed by atoms with E-state index in [2.05, 4.69) is 18.3 Å². The minimum absolute atomic E-state index is 0.183. The second-order valence-electron chi connectivity index (χ2n) is 5.79. The Bertz CT molecular complexity index is 231. The highest BCUT2D eigenvalue weighted by atomic mass is 15.0. The summed E-state index contributed by atoms with van der Waals surface area (Å²) in [7, 11) is 0. The van der Waals surface area contributed by atoms with Crippen LogP contribution in [0.1, 0.15) is 59.3 Å². The molecule has 0 radical (unpaired) electrons. The first-order valence-electron chi connectivity index (χ1n) is 6.14. The van der Waals surface area contributed by atoms with Gasteiger partial charge in [0.15, 0.2) is 0 Å². The minimum Gasteiger partial charge on any atom is -0.311 e. The van der Waals surface area contributed by atoms with Crippen LogP contribution in [0.15, 0.2) is 0 Å². The summed E-state index contributed by atoms with van der Waals surface area (Å²) in [5.41, 5.74) is 0.155. The summed E-state index contributed by atoms with van der Waals surface area (Å²) in [6.45, 7) is 7.32. The van der Waals surface area contributed by atoms with Crippen LogP contribution in [0, 0.1) is 16.7 Å². The van der Waals surface area contributed by atoms with E-state index in [1.54, 1.807) is 0 Å². The third-order valence-corrected chi connectivity index (χ3v) is 3.56. The van der Waals surface area contributed by atoms with Crippen LogP contribution in [-0.4, -0.2) is 12.1 Å². The van der Waals surface area contributed by atoms with Crippen LogP contribution in [0.4, 0.5) is 0 Å². The molecule has 0 aliphatic heterocycles. The third kappa shape index (κ3) is 4.22. The molecule has 1 fully saturated rings. The summed E-state index contributed by atoms with van der Waals surface area (Å²) in [5.74, 6) is 0. The Balaban J connectivity index is 2.27. The van der Waals surface area contributed by atoms with E-state index in [9.17, 15) is 0 Å². The highest BCUT2D eigenvalue weighted by molar-refractivity contribution is 4.93. The maximum atomic E-state index is 8.92. The minimum atomic E-state index is -0.183. The Labute approximate surface area is 94.1 Å². The summed E-state index contributed by atoms with van der Waals surface area (Å²) in [6.07, 6.45) is 7.62. The van der Waals surface area contributed by atoms with E-state index in [1.165, 1.54) is 32.1 Å². The summed E-state index contributed by atoms with van der Waals surface area (Å²) in [4.78, 5) is 0. The van der Waals surface area contributed by atoms with Crippen molar-refractivity contribution in [2.24, 2.45) is 5.41 Å². The SMILES string of the molecule is CC(C)(C#N)CCNC1(C)CCCCC1. The van der Waals surface area contributed by atoms with Gasteiger partial charge in [0.25, 0.3) is 0 Å². The average molecular weight is 208 g/mol. The Morgan fingerprint density at radius 3 is 2.40 bits per heavy atom. The predicted molar refractivity (Wildman–Crippen MR) is 63.5 cm³/mol. The van der Waals surface area contributed by atoms with Gasteiger partial charge in [0.1, 0.15) is 0 Å². The Hall–Kier alpha value is -0.550. The van der Waals surface area contributed by atoms with Gasteiger partial charge in [-0.3, -0.25) is 0 Å². The molecule has 0 aromatic carbocycles. The largest absolute Gasteiger partial charge is 0.311 e. The summed E-state index contributed by atoms with van der Waals surface area (Å²) >= 11 is 0. The van der Waals surface area contributed by atoms with Crippen LogP contribution < -0.4 is 5.32 Å². The highest BCUT2D eigenvalue weighted by Gasteiger charge is 2.26. The molecule has 0 spiro atoms. The van der Waals surface area contributed by atoms with Crippen LogP contribution in [-0.2, 0) is 0 Å². The standard InChI is InChI=1S/C13H24N2/c1-12(2,11-14)9-10-15-13(3)7-5-4-6-8-13/h15H,4-10H2,1-3H3. The van der Waals surface area contributed by atoms with Crippen molar-refractivity contribution in [3.05, 3.63) is 0 Å². The smallest absolute Gasteiger partial charge is 0.0684 e. The molecule has 0 aromatic heterocycles. The number of rotatable bonds is 4. The molecule has 15 heavy (non-hydrogen) atoms. The van der Waals surface area contributed by atoms with Crippen molar-refractivity contribution < 1.29 is 0 Å². The van der Waals surface area contributed by atoms with Crippen molar-refractivity contribution in [1.29, 1.82) is 5.26 Å². The molecular weight excluding hydrogens is 184 g/mol. The molecule has 1 N–H and O–H groups in total. The van der Waals surface area contributed by atoms with Crippen molar-refractivity contribution >= 4 is 0 Å². The molecule has 1 aliphatic rings. The molecule has 0 heterocycles. The van der Waals surface area contributed by atoms with Crippen molar-refractivity contribution in [3.8, 4) is 6.07 Å². The fraction of sp³-hybridized carbons (Fsp3) is 0.923. The normalized spacial score (nSPS) is 20.9. The van der Waals surface area contributed by atoms with Crippen molar-refractivity contribution in [2.45, 2.75) is 64.8 Å². The molecule has 2 nitrogen and oxygen atoms in total. The molecule has 1 rings (SSSR count). The van der Waals surface area contributed by atoms with Gasteiger partial charge in [0, 0.05) is 5.54 Å². The number of hydrogen-bond acceptors (Lipinski definition) is 2. The molecule has 86 valence electrons. The monoisotopic (exact) mass is 208 g/mol. The number of hydrogen-bond donors (Lipinski definition) is 1. The first-order valence-corrected chi connectivity index (χ1v) is 6.14. The first kappa shape index (κ1) is 12.5. The topological polar surface area (TPSA) is 35.8 Å². The number of nitrogens with one attached hydrogen (secondary N) is 1. The van der Waals surface area contributed by atoms with Gasteiger partial charge in [0.2, 0.25) is 0 Å². The zero-order valence-electron chi connectivity index (χ0n) is 10.4. The van der Waals surface area contributed by atoms with E-state index >= 15 is 0 Å². The number of nitriles is 1. The Kier molecular flexibility index (Phi) is 4.16. The lowest BCUT2D eigenvalue weighted by Crippen LogP contribution is -2.45. The van der Waals surface area contributed by atoms with E-state index in [0.717, 1.165) is 13.0 Å². The molecule has 0 bridgehead atoms. The lowest BCUT2D eigenvalue weighted by Gasteiger charge is -2.35. The first-order chi connectivity index (χ1) is 6.97. The van der Waals surface area contributed by atoms with Gasteiger partial charge in [-0.2, -0.15) is 5.26 Å². The van der Waals surface area contributed by atoms with Gasteiger partial charge in [-0.15, -0.1) is 0 Å². The van der Waals surface area contributed by atoms with E-state index in [0.29, 0.717) is 5.54 Å². The summed E-state index contributed by atoms with van der Waals surface area (Å²) in [5, 5.41) is 12.6. The van der Waals surface area contributed by atoms with Gasteiger partial charge in [-0.1, -0.05) is 19.3 Å². The van der Waals surface area contributed by atoms with Crippen molar-refractivity contribution in [3.63, 3.8) is 0 Å². The fourth-order valence-corrected chi connectivity index (χ4v) is 2.24. The maximum absolute atomic E-state index is 8.92. The van der Waals surface area contributed by atoms with Crippen LogP contribution in [0.2, 0.25) is 0 Å². The van der Waals surface area contributed by atoms with Gasteiger partial charge in [0.05, 0.1) is 11.5 Å². The van der Waals surface area contributed by atoms with E-state index in [1.807, 2.05) is 13.8 Å². The maximum Gasteiger partial charge on any atom is 0.0684 e. The van der Waals surface area contributed by atoms with E-state index in [-0.39, 0.29) is 5.41 Å². The van der Waals surface area contributed by atoms with Crippen molar-refractivity contribution in [2.75, 3.05) is 6.54 Å². The summed E-state index contributed by atoms with van der Waals surface area (Å²) in [6, 6.07) is 2.35. The predicted octanol–water partition coefficient (Wildman–Crippen LogP) is 3.24. The quantitative estimate of drug-likeness (QED) is 0.770. The van der Waals surface area contributed by atoms with Crippen LogP contribution in [0.5, 0.6) is 0 Å². The molecule has 0 unspecified atom stereocenters. The summed E-state index contributed by atoms with van der Waals surface area (Å²) < 4.78 is 0. The average Bonchev–Trinajstić information content (AvgIpc) is 2.18. The van der Waals surface area contributed by atoms with Crippen LogP contribution in [0.25, 0.3) is 0 Å². The molecule has 0 amide bonds. The van der Waals surface area contributed by atoms with Crippen molar-refractivity contribution in [1.82, 2.24) is 5.32 Å². The van der Waals surface area contributed by atoms with Gasteiger partial charge < -0.3 is 5.32 Å². The van der Waals surface area contributed by atoms with E-state index < -0.39 is 0 Å². The molecule has 0 aromatic rings. The second kappa shape index (κ2) is 4.99. The highest BCUT2D eigenvalue weighted by Crippen LogP contribution is 2.28. The molecule has 1 aliphatic carbocycles. The third-order valence-electron chi connectivity index (χ3n) is 3.56. The lowest BCUT2D eigenvalue weighted by molar-refractivity contribution is 0.244. The van der Waals surface area contributed by atoms with Crippen LogP contribution in [0.3, 0.4) is 0 Å². The zero-order valence-corrected chi connectivity index (χ0v) is 10.4. The molecule has 1 saturated carbocycles. The Morgan fingerprint density at radius 2 is 1.87 bits per heavy atom. The van der Waals surface area contributed by atoms with Crippen LogP contribution >= 0.6 is 0 Å². The molecule has 0 saturated heterocycles. The lowest BCUT2D eigenvalue weighted by atomic mass is 9.82. The molecule has 2 heteroatoms. The molecular formula is C13H24N2. The van der Waals surface area contributed by atoms with Gasteiger partial charge in [-0.05, 0) is 46.6 Å². The van der Waals surface area contributed by atoms with Gasteiger partial charge in [-0.25, -0.2) is 0 Å². The van der Waals surface area contributed by atoms with Gasteiger partial charge >= 0.3 is 0 Å². The Morgan fingerprint density at radius 1 is 1.27 bits per heavy atom. The fourth-order valence-electron chi connectivity index (χ4n) is 2.24. The molecule has 0 atom stereocenters. The zero-order chi connectivity index (χ0) is 11.4. The number of nitrogens with zero attached hydrogens (tertiary/aromatic N) is 1. The second-order valence-corrected chi connectivity index (χ2v) is 5.79. The van der Waals surface area contributed by atoms with E-state index in [4.69, 9.17) is 5.26 Å².